The fourth-order valence-electron chi connectivity index (χ4n) is 7.93. The van der Waals surface area contributed by atoms with Gasteiger partial charge < -0.3 is 87.1 Å². The van der Waals surface area contributed by atoms with Crippen molar-refractivity contribution in [1.82, 2.24) is 53.2 Å². The summed E-state index contributed by atoms with van der Waals surface area (Å²) >= 11 is 0. The number of carbonyl (C=O) groups is 10. The SMILES string of the molecule is CC(C)(C)OC(=O)NCCNC(=O)C(CCNC(=O)[C@H](CCNC(=O)[C@@H]1Cc2cccc(c2)-c2ccc(O)c(c2)C[C@H](NC(=O)OC(C)(C)C)C(=O)N[C@@H](C[C@@H](O)CNC(=O)OC(C)(C)C)C(=O)N1)NC(=O)OC(C)(C)C)NC(=O)OC(C)(C)C. The molecule has 6 atom stereocenters. The predicted molar refractivity (Wildman–Crippen MR) is 312 cm³/mol. The second-order valence-electron chi connectivity index (χ2n) is 25.3. The Labute approximate surface area is 497 Å². The second-order valence-corrected chi connectivity index (χ2v) is 25.3. The Morgan fingerprint density at radius 1 is 0.541 bits per heavy atom. The van der Waals surface area contributed by atoms with Gasteiger partial charge in [-0.1, -0.05) is 30.3 Å². The van der Waals surface area contributed by atoms with Crippen LogP contribution in [0, 0.1) is 0 Å². The standard InChI is InChI=1S/C58H90N10O17/c1-54(2,3)81-49(76)62-26-25-61-45(72)39(67-52(79)84-57(10,11)12)21-23-59-44(71)38(66-51(78)83-56(7,8)9)22-24-60-46(73)40-28-33-17-16-18-34(27-33)35-19-20-43(70)36(29-35)30-41(68-53(80)85-58(13,14)15)47(74)65-42(48(75)64-40)31-37(69)32-63-50(77)82-55(4,5)6/h16-20,27,29,37-42,69-70H,21-26,28,30-32H2,1-15H3,(H,59,71)(H,60,73)(H,61,72)(H,62,76)(H,63,77)(H,64,75)(H,65,74)(H,66,78)(H,67,79)(H,68,80)/t37-,38+,39?,40+,41+,42+/m1/s1. The van der Waals surface area contributed by atoms with Crippen molar-refractivity contribution in [2.24, 2.45) is 0 Å². The number of benzene rings is 2. The van der Waals surface area contributed by atoms with Gasteiger partial charge in [0.05, 0.1) is 6.10 Å². The Hall–Kier alpha value is -8.10. The lowest BCUT2D eigenvalue weighted by Gasteiger charge is -2.28. The monoisotopic (exact) mass is 1200 g/mol. The molecule has 0 aromatic heterocycles. The summed E-state index contributed by atoms with van der Waals surface area (Å²) in [5.74, 6) is -4.41. The van der Waals surface area contributed by atoms with Crippen molar-refractivity contribution in [3.05, 3.63) is 53.6 Å². The van der Waals surface area contributed by atoms with Gasteiger partial charge in [0.2, 0.25) is 29.5 Å². The van der Waals surface area contributed by atoms with Crippen LogP contribution in [0.25, 0.3) is 11.1 Å². The molecule has 27 heteroatoms. The summed E-state index contributed by atoms with van der Waals surface area (Å²) in [4.78, 5) is 135. The molecular formula is C58H90N10O17. The van der Waals surface area contributed by atoms with Crippen molar-refractivity contribution in [3.8, 4) is 16.9 Å². The normalized spacial score (nSPS) is 16.9. The van der Waals surface area contributed by atoms with E-state index in [4.69, 9.17) is 23.7 Å². The zero-order valence-electron chi connectivity index (χ0n) is 51.6. The third-order valence-corrected chi connectivity index (χ3v) is 11.4. The largest absolute Gasteiger partial charge is 0.508 e. The molecule has 1 heterocycles. The van der Waals surface area contributed by atoms with E-state index >= 15 is 0 Å². The molecule has 1 aliphatic heterocycles. The number of alkyl carbamates (subject to hydrolysis) is 5. The van der Waals surface area contributed by atoms with Gasteiger partial charge in [0.15, 0.2) is 0 Å². The molecule has 27 nitrogen and oxygen atoms in total. The van der Waals surface area contributed by atoms with Crippen LogP contribution in [0.4, 0.5) is 24.0 Å². The van der Waals surface area contributed by atoms with E-state index in [0.717, 1.165) is 0 Å². The lowest BCUT2D eigenvalue weighted by atomic mass is 9.96. The summed E-state index contributed by atoms with van der Waals surface area (Å²) in [5, 5.41) is 48.0. The van der Waals surface area contributed by atoms with Gasteiger partial charge >= 0.3 is 30.5 Å². The number of aliphatic hydroxyl groups excluding tert-OH is 1. The zero-order valence-corrected chi connectivity index (χ0v) is 51.6. The lowest BCUT2D eigenvalue weighted by molar-refractivity contribution is -0.133. The van der Waals surface area contributed by atoms with Gasteiger partial charge in [0.25, 0.3) is 0 Å². The fraction of sp³-hybridized carbons (Fsp3) is 0.621. The van der Waals surface area contributed by atoms with E-state index < -0.39 is 137 Å². The first-order valence-electron chi connectivity index (χ1n) is 28.1. The van der Waals surface area contributed by atoms with E-state index in [9.17, 15) is 58.2 Å². The Morgan fingerprint density at radius 2 is 1.01 bits per heavy atom. The minimum atomic E-state index is -1.66. The van der Waals surface area contributed by atoms with Crippen LogP contribution >= 0.6 is 0 Å². The van der Waals surface area contributed by atoms with E-state index in [2.05, 4.69) is 53.2 Å². The third-order valence-electron chi connectivity index (χ3n) is 11.4. The topological polar surface area (TPSA) is 378 Å². The molecule has 4 bridgehead atoms. The molecule has 1 unspecified atom stereocenters. The minimum absolute atomic E-state index is 0.0242. The quantitative estimate of drug-likeness (QED) is 0.0704. The van der Waals surface area contributed by atoms with Crippen LogP contribution in [0.5, 0.6) is 5.75 Å². The number of hydrogen-bond donors (Lipinski definition) is 12. The number of ether oxygens (including phenoxy) is 5. The number of carbonyl (C=O) groups excluding carboxylic acids is 10. The predicted octanol–water partition coefficient (Wildman–Crippen LogP) is 3.74. The highest BCUT2D eigenvalue weighted by molar-refractivity contribution is 5.94. The average Bonchev–Trinajstić information content (AvgIpc) is 3.19. The number of aromatic hydroxyl groups is 1. The van der Waals surface area contributed by atoms with E-state index in [0.29, 0.717) is 16.7 Å². The first-order valence-corrected chi connectivity index (χ1v) is 28.1. The number of nitrogens with one attached hydrogen (secondary N) is 10. The van der Waals surface area contributed by atoms with Crippen molar-refractivity contribution >= 4 is 60.0 Å². The maximum atomic E-state index is 14.6. The summed E-state index contributed by atoms with van der Waals surface area (Å²) in [6, 6.07) is 4.33. The molecular weight excluding hydrogens is 1110 g/mol. The maximum absolute atomic E-state index is 14.6. The number of phenols is 1. The van der Waals surface area contributed by atoms with Crippen LogP contribution in [0.1, 0.15) is 134 Å². The van der Waals surface area contributed by atoms with Gasteiger partial charge in [0.1, 0.15) is 64.0 Å². The van der Waals surface area contributed by atoms with E-state index in [1.165, 1.54) is 6.07 Å². The van der Waals surface area contributed by atoms with E-state index in [1.54, 1.807) is 140 Å². The molecule has 1 aliphatic rings. The van der Waals surface area contributed by atoms with Crippen molar-refractivity contribution in [1.29, 1.82) is 0 Å². The molecule has 0 aliphatic carbocycles. The van der Waals surface area contributed by atoms with Crippen molar-refractivity contribution in [2.75, 3.05) is 32.7 Å². The summed E-state index contributed by atoms with van der Waals surface area (Å²) in [5.41, 5.74) is -2.64. The molecule has 474 valence electrons. The maximum Gasteiger partial charge on any atom is 0.408 e. The van der Waals surface area contributed by atoms with Crippen LogP contribution in [0.2, 0.25) is 0 Å². The average molecular weight is 1200 g/mol. The number of amides is 10. The molecule has 10 amide bonds. The summed E-state index contributed by atoms with van der Waals surface area (Å²) in [6.45, 7) is 23.4. The molecule has 85 heavy (non-hydrogen) atoms. The molecule has 3 rings (SSSR count). The highest BCUT2D eigenvalue weighted by atomic mass is 16.6. The first kappa shape index (κ1) is 71.2. The van der Waals surface area contributed by atoms with Gasteiger partial charge in [-0.25, -0.2) is 24.0 Å². The first-order chi connectivity index (χ1) is 39.1. The van der Waals surface area contributed by atoms with Gasteiger partial charge in [0, 0.05) is 52.0 Å². The summed E-state index contributed by atoms with van der Waals surface area (Å²) in [6.07, 6.45) is -7.53. The molecule has 0 spiro atoms. The van der Waals surface area contributed by atoms with Gasteiger partial charge in [-0.05, 0) is 151 Å². The van der Waals surface area contributed by atoms with Crippen molar-refractivity contribution in [2.45, 2.75) is 200 Å². The molecule has 0 saturated heterocycles. The molecule has 12 N–H and O–H groups in total. The number of aliphatic hydroxyl groups is 1. The van der Waals surface area contributed by atoms with Gasteiger partial charge in [-0.2, -0.15) is 0 Å². The summed E-state index contributed by atoms with van der Waals surface area (Å²) < 4.78 is 26.7. The van der Waals surface area contributed by atoms with Crippen LogP contribution in [-0.4, -0.2) is 167 Å². The molecule has 0 saturated carbocycles. The molecule has 0 radical (unpaired) electrons. The Bertz CT molecular complexity index is 2670. The van der Waals surface area contributed by atoms with Crippen molar-refractivity contribution in [3.63, 3.8) is 0 Å². The Morgan fingerprint density at radius 3 is 1.55 bits per heavy atom. The molecule has 0 fully saturated rings. The van der Waals surface area contributed by atoms with Crippen LogP contribution in [0.15, 0.2) is 42.5 Å². The smallest absolute Gasteiger partial charge is 0.408 e. The number of phenolic OH excluding ortho intramolecular Hbond substituents is 1. The highest BCUT2D eigenvalue weighted by Gasteiger charge is 2.35. The third kappa shape index (κ3) is 28.8. The van der Waals surface area contributed by atoms with Crippen LogP contribution < -0.4 is 53.2 Å². The number of hydrogen-bond acceptors (Lipinski definition) is 17. The number of fused-ring (bicyclic) bond motifs is 5. The van der Waals surface area contributed by atoms with Gasteiger partial charge in [-0.3, -0.25) is 24.0 Å². The second kappa shape index (κ2) is 31.2. The van der Waals surface area contributed by atoms with Crippen LogP contribution in [0.3, 0.4) is 0 Å². The lowest BCUT2D eigenvalue weighted by Crippen LogP contribution is -2.58. The van der Waals surface area contributed by atoms with E-state index in [1.807, 2.05) is 0 Å². The van der Waals surface area contributed by atoms with Crippen molar-refractivity contribution < 1.29 is 81.8 Å². The van der Waals surface area contributed by atoms with E-state index in [-0.39, 0.29) is 63.2 Å². The fourth-order valence-corrected chi connectivity index (χ4v) is 7.93. The Balaban J connectivity index is 1.97. The van der Waals surface area contributed by atoms with Gasteiger partial charge in [-0.15, -0.1) is 0 Å². The molecule has 2 aromatic carbocycles. The Kier molecular flexibility index (Phi) is 26.1. The highest BCUT2D eigenvalue weighted by Crippen LogP contribution is 2.29. The number of rotatable bonds is 19. The molecule has 2 aromatic rings. The zero-order chi connectivity index (χ0) is 64.3. The van der Waals surface area contributed by atoms with Crippen LogP contribution in [-0.2, 0) is 60.5 Å². The minimum Gasteiger partial charge on any atom is -0.508 e. The summed E-state index contributed by atoms with van der Waals surface area (Å²) in [7, 11) is 0.